The first-order valence-corrected chi connectivity index (χ1v) is 8.25. The number of halogens is 3. The number of aliphatic hydroxyl groups excluding tert-OH is 1. The summed E-state index contributed by atoms with van der Waals surface area (Å²) in [5, 5.41) is 21.6. The zero-order valence-electron chi connectivity index (χ0n) is 14.4. The molecule has 8 heteroatoms. The molecule has 0 aliphatic heterocycles. The number of ether oxygens (including phenoxy) is 1. The van der Waals surface area contributed by atoms with Crippen LogP contribution in [0.15, 0.2) is 48.5 Å². The van der Waals surface area contributed by atoms with Gasteiger partial charge in [-0.15, -0.1) is 0 Å². The summed E-state index contributed by atoms with van der Waals surface area (Å²) in [6.45, 7) is 0.753. The van der Waals surface area contributed by atoms with Crippen molar-refractivity contribution in [3.05, 3.63) is 65.2 Å². The van der Waals surface area contributed by atoms with E-state index in [0.717, 1.165) is 12.1 Å². The lowest BCUT2D eigenvalue weighted by atomic mass is 10.1. The van der Waals surface area contributed by atoms with Crippen LogP contribution < -0.4 is 10.1 Å². The number of carboxylic acids is 1. The predicted octanol–water partition coefficient (Wildman–Crippen LogP) is 3.03. The fraction of sp³-hybridized carbons (Fsp3) is 0.316. The molecular weight excluding hydrogens is 363 g/mol. The quantitative estimate of drug-likeness (QED) is 0.580. The average Bonchev–Trinajstić information content (AvgIpc) is 2.61. The van der Waals surface area contributed by atoms with Crippen LogP contribution >= 0.6 is 0 Å². The Bertz CT molecular complexity index is 747. The van der Waals surface area contributed by atoms with Crippen LogP contribution in [0.2, 0.25) is 0 Å². The highest BCUT2D eigenvalue weighted by molar-refractivity contribution is 5.70. The largest absolute Gasteiger partial charge is 0.492 e. The van der Waals surface area contributed by atoms with Gasteiger partial charge in [-0.1, -0.05) is 24.3 Å². The number of nitrogens with one attached hydrogen (secondary N) is 1. The van der Waals surface area contributed by atoms with Crippen LogP contribution in [-0.2, 0) is 17.4 Å². The van der Waals surface area contributed by atoms with E-state index in [1.54, 1.807) is 24.3 Å². The lowest BCUT2D eigenvalue weighted by molar-refractivity contribution is -0.138. The standard InChI is InChI=1S/C19H20F3NO4/c20-19(21,22)15-3-1-2-14(11-15)17(24)12-23-8-9-27-16-6-4-13(5-7-16)10-18(25)26/h1-7,11,17,23-24H,8-10,12H2,(H,25,26)/t17-/m0/s1. The summed E-state index contributed by atoms with van der Waals surface area (Å²) in [4.78, 5) is 10.6. The summed E-state index contributed by atoms with van der Waals surface area (Å²) in [5.41, 5.74) is 0.0539. The van der Waals surface area contributed by atoms with Gasteiger partial charge in [0.2, 0.25) is 0 Å². The number of hydrogen-bond donors (Lipinski definition) is 3. The van der Waals surface area contributed by atoms with E-state index in [1.807, 2.05) is 0 Å². The molecule has 1 atom stereocenters. The van der Waals surface area contributed by atoms with Crippen molar-refractivity contribution in [2.45, 2.75) is 18.7 Å². The molecule has 0 aromatic heterocycles. The zero-order valence-corrected chi connectivity index (χ0v) is 14.4. The molecule has 0 unspecified atom stereocenters. The van der Waals surface area contributed by atoms with Crippen molar-refractivity contribution in [2.75, 3.05) is 19.7 Å². The summed E-state index contributed by atoms with van der Waals surface area (Å²) >= 11 is 0. The molecule has 146 valence electrons. The maximum atomic E-state index is 12.7. The molecule has 0 saturated carbocycles. The van der Waals surface area contributed by atoms with Crippen molar-refractivity contribution in [3.8, 4) is 5.75 Å². The molecule has 2 aromatic carbocycles. The van der Waals surface area contributed by atoms with Crippen molar-refractivity contribution < 1.29 is 32.9 Å². The van der Waals surface area contributed by atoms with Crippen LogP contribution in [0.1, 0.15) is 22.8 Å². The van der Waals surface area contributed by atoms with Crippen molar-refractivity contribution in [1.82, 2.24) is 5.32 Å². The first-order chi connectivity index (χ1) is 12.8. The molecule has 0 fully saturated rings. The highest BCUT2D eigenvalue weighted by Crippen LogP contribution is 2.30. The Hall–Kier alpha value is -2.58. The van der Waals surface area contributed by atoms with E-state index in [0.29, 0.717) is 17.9 Å². The fourth-order valence-electron chi connectivity index (χ4n) is 2.40. The minimum atomic E-state index is -4.45. The first-order valence-electron chi connectivity index (χ1n) is 8.25. The van der Waals surface area contributed by atoms with E-state index in [1.165, 1.54) is 12.1 Å². The van der Waals surface area contributed by atoms with Crippen molar-refractivity contribution >= 4 is 5.97 Å². The van der Waals surface area contributed by atoms with Gasteiger partial charge < -0.3 is 20.3 Å². The monoisotopic (exact) mass is 383 g/mol. The summed E-state index contributed by atoms with van der Waals surface area (Å²) in [7, 11) is 0. The second kappa shape index (κ2) is 9.38. The molecular formula is C19H20F3NO4. The molecule has 0 bridgehead atoms. The highest BCUT2D eigenvalue weighted by Gasteiger charge is 2.30. The van der Waals surface area contributed by atoms with Crippen molar-refractivity contribution in [2.24, 2.45) is 0 Å². The molecule has 2 aromatic rings. The predicted molar refractivity (Wildman–Crippen MR) is 92.6 cm³/mol. The van der Waals surface area contributed by atoms with Crippen LogP contribution in [0.5, 0.6) is 5.75 Å². The molecule has 0 amide bonds. The number of hydrogen-bond acceptors (Lipinski definition) is 4. The first kappa shape index (κ1) is 20.7. The lowest BCUT2D eigenvalue weighted by Crippen LogP contribution is -2.26. The minimum Gasteiger partial charge on any atom is -0.492 e. The third-order valence-corrected chi connectivity index (χ3v) is 3.76. The van der Waals surface area contributed by atoms with E-state index in [-0.39, 0.29) is 25.1 Å². The second-order valence-electron chi connectivity index (χ2n) is 5.91. The maximum Gasteiger partial charge on any atom is 0.416 e. The Kier molecular flexibility index (Phi) is 7.20. The van der Waals surface area contributed by atoms with Crippen molar-refractivity contribution in [3.63, 3.8) is 0 Å². The third-order valence-electron chi connectivity index (χ3n) is 3.76. The topological polar surface area (TPSA) is 78.8 Å². The number of benzene rings is 2. The van der Waals surface area contributed by atoms with Crippen LogP contribution in [0, 0.1) is 0 Å². The van der Waals surface area contributed by atoms with Gasteiger partial charge in [0.15, 0.2) is 0 Å². The van der Waals surface area contributed by atoms with Gasteiger partial charge in [-0.05, 0) is 35.4 Å². The van der Waals surface area contributed by atoms with Gasteiger partial charge in [0.1, 0.15) is 12.4 Å². The summed E-state index contributed by atoms with van der Waals surface area (Å²) < 4.78 is 43.5. The molecule has 2 rings (SSSR count). The van der Waals surface area contributed by atoms with E-state index < -0.39 is 23.8 Å². The molecule has 0 spiro atoms. The third kappa shape index (κ3) is 6.92. The Morgan fingerprint density at radius 2 is 1.85 bits per heavy atom. The van der Waals surface area contributed by atoms with E-state index >= 15 is 0 Å². The molecule has 27 heavy (non-hydrogen) atoms. The van der Waals surface area contributed by atoms with E-state index in [2.05, 4.69) is 5.32 Å². The summed E-state index contributed by atoms with van der Waals surface area (Å²) in [5.74, 6) is -0.337. The second-order valence-corrected chi connectivity index (χ2v) is 5.91. The van der Waals surface area contributed by atoms with Gasteiger partial charge in [0.25, 0.3) is 0 Å². The number of rotatable bonds is 9. The summed E-state index contributed by atoms with van der Waals surface area (Å²) in [6.07, 6.45) is -5.57. The number of alkyl halides is 3. The van der Waals surface area contributed by atoms with Crippen molar-refractivity contribution in [1.29, 1.82) is 0 Å². The molecule has 3 N–H and O–H groups in total. The van der Waals surface area contributed by atoms with Gasteiger partial charge in [0, 0.05) is 13.1 Å². The summed E-state index contributed by atoms with van der Waals surface area (Å²) in [6, 6.07) is 11.2. The van der Waals surface area contributed by atoms with Gasteiger partial charge in [0.05, 0.1) is 18.1 Å². The Morgan fingerprint density at radius 1 is 1.15 bits per heavy atom. The van der Waals surface area contributed by atoms with Crippen LogP contribution in [0.25, 0.3) is 0 Å². The number of aliphatic carboxylic acids is 1. The Labute approximate surface area is 154 Å². The number of aliphatic hydroxyl groups is 1. The van der Waals surface area contributed by atoms with Gasteiger partial charge >= 0.3 is 12.1 Å². The zero-order chi connectivity index (χ0) is 19.9. The van der Waals surface area contributed by atoms with Crippen LogP contribution in [0.3, 0.4) is 0 Å². The normalized spacial score (nSPS) is 12.6. The smallest absolute Gasteiger partial charge is 0.416 e. The van der Waals surface area contributed by atoms with Gasteiger partial charge in [-0.25, -0.2) is 0 Å². The molecule has 0 radical (unpaired) electrons. The number of carbonyl (C=O) groups is 1. The molecule has 0 aliphatic carbocycles. The lowest BCUT2D eigenvalue weighted by Gasteiger charge is -2.15. The number of carboxylic acid groups (broad SMARTS) is 1. The minimum absolute atomic E-state index is 0.0603. The molecule has 5 nitrogen and oxygen atoms in total. The fourth-order valence-corrected chi connectivity index (χ4v) is 2.40. The van der Waals surface area contributed by atoms with E-state index in [9.17, 15) is 23.1 Å². The van der Waals surface area contributed by atoms with E-state index in [4.69, 9.17) is 9.84 Å². The molecule has 0 saturated heterocycles. The SMILES string of the molecule is O=C(O)Cc1ccc(OCCNC[C@H](O)c2cccc(C(F)(F)F)c2)cc1. The maximum absolute atomic E-state index is 12.7. The Morgan fingerprint density at radius 3 is 2.48 bits per heavy atom. The highest BCUT2D eigenvalue weighted by atomic mass is 19.4. The van der Waals surface area contributed by atoms with Gasteiger partial charge in [-0.2, -0.15) is 13.2 Å². The molecule has 0 aliphatic rings. The van der Waals surface area contributed by atoms with Crippen LogP contribution in [-0.4, -0.2) is 35.9 Å². The van der Waals surface area contributed by atoms with Crippen LogP contribution in [0.4, 0.5) is 13.2 Å². The Balaban J connectivity index is 1.73. The molecule has 0 heterocycles. The average molecular weight is 383 g/mol. The van der Waals surface area contributed by atoms with Gasteiger partial charge in [-0.3, -0.25) is 4.79 Å².